The fourth-order valence-corrected chi connectivity index (χ4v) is 5.18. The summed E-state index contributed by atoms with van der Waals surface area (Å²) in [5.74, 6) is 0.670. The molecule has 25 heavy (non-hydrogen) atoms. The Morgan fingerprint density at radius 2 is 1.64 bits per heavy atom. The topological polar surface area (TPSA) is 46.6 Å². The van der Waals surface area contributed by atoms with E-state index in [-0.39, 0.29) is 5.25 Å². The molecule has 1 saturated heterocycles. The zero-order valence-corrected chi connectivity index (χ0v) is 16.6. The highest BCUT2D eigenvalue weighted by atomic mass is 79.9. The Bertz CT molecular complexity index is 796. The SMILES string of the molecule is COc1ccc(S(=O)(=O)C2CCN(Cc3ccc(Br)cc3)CC2)cc1. The first-order chi connectivity index (χ1) is 12.0. The van der Waals surface area contributed by atoms with E-state index in [1.54, 1.807) is 31.4 Å². The van der Waals surface area contributed by atoms with Gasteiger partial charge in [0.05, 0.1) is 17.3 Å². The summed E-state index contributed by atoms with van der Waals surface area (Å²) in [5.41, 5.74) is 1.25. The van der Waals surface area contributed by atoms with Crippen LogP contribution in [0, 0.1) is 0 Å². The number of hydrogen-bond acceptors (Lipinski definition) is 4. The number of rotatable bonds is 5. The highest BCUT2D eigenvalue weighted by molar-refractivity contribution is 9.10. The van der Waals surface area contributed by atoms with Crippen LogP contribution in [-0.4, -0.2) is 38.8 Å². The van der Waals surface area contributed by atoms with Crippen molar-refractivity contribution in [2.45, 2.75) is 29.5 Å². The fraction of sp³-hybridized carbons (Fsp3) is 0.368. The van der Waals surface area contributed by atoms with Crippen LogP contribution in [0.25, 0.3) is 0 Å². The van der Waals surface area contributed by atoms with Gasteiger partial charge in [-0.05, 0) is 67.9 Å². The van der Waals surface area contributed by atoms with Gasteiger partial charge in [0.15, 0.2) is 9.84 Å². The molecule has 0 unspecified atom stereocenters. The molecular formula is C19H22BrNO3S. The van der Waals surface area contributed by atoms with Crippen LogP contribution in [0.4, 0.5) is 0 Å². The third kappa shape index (κ3) is 4.43. The maximum absolute atomic E-state index is 12.8. The first-order valence-electron chi connectivity index (χ1n) is 8.34. The maximum atomic E-state index is 12.8. The summed E-state index contributed by atoms with van der Waals surface area (Å²) in [5, 5.41) is -0.304. The Labute approximate surface area is 157 Å². The summed E-state index contributed by atoms with van der Waals surface area (Å²) in [6, 6.07) is 15.0. The van der Waals surface area contributed by atoms with Gasteiger partial charge in [0.25, 0.3) is 0 Å². The van der Waals surface area contributed by atoms with Crippen molar-refractivity contribution in [1.29, 1.82) is 0 Å². The molecule has 6 heteroatoms. The second-order valence-corrected chi connectivity index (χ2v) is 9.47. The maximum Gasteiger partial charge on any atom is 0.181 e. The number of methoxy groups -OCH3 is 1. The summed E-state index contributed by atoms with van der Waals surface area (Å²) in [7, 11) is -1.70. The number of hydrogen-bond donors (Lipinski definition) is 0. The van der Waals surface area contributed by atoms with Crippen LogP contribution in [0.5, 0.6) is 5.75 Å². The van der Waals surface area contributed by atoms with Crippen LogP contribution in [0.1, 0.15) is 18.4 Å². The van der Waals surface area contributed by atoms with Gasteiger partial charge in [-0.15, -0.1) is 0 Å². The minimum Gasteiger partial charge on any atom is -0.497 e. The lowest BCUT2D eigenvalue weighted by Gasteiger charge is -2.31. The van der Waals surface area contributed by atoms with E-state index >= 15 is 0 Å². The van der Waals surface area contributed by atoms with Crippen molar-refractivity contribution in [1.82, 2.24) is 4.90 Å². The van der Waals surface area contributed by atoms with Crippen molar-refractivity contribution in [2.75, 3.05) is 20.2 Å². The van der Waals surface area contributed by atoms with Gasteiger partial charge in [0, 0.05) is 11.0 Å². The summed E-state index contributed by atoms with van der Waals surface area (Å²) >= 11 is 3.44. The van der Waals surface area contributed by atoms with E-state index in [1.807, 2.05) is 12.1 Å². The van der Waals surface area contributed by atoms with Crippen molar-refractivity contribution in [3.63, 3.8) is 0 Å². The summed E-state index contributed by atoms with van der Waals surface area (Å²) < 4.78 is 31.8. The Kier molecular flexibility index (Phi) is 5.81. The van der Waals surface area contributed by atoms with E-state index in [0.717, 1.165) is 24.1 Å². The monoisotopic (exact) mass is 423 g/mol. The molecule has 0 aromatic heterocycles. The van der Waals surface area contributed by atoms with Gasteiger partial charge in [-0.1, -0.05) is 28.1 Å². The Morgan fingerprint density at radius 3 is 2.20 bits per heavy atom. The van der Waals surface area contributed by atoms with Crippen molar-refractivity contribution >= 4 is 25.8 Å². The molecule has 0 bridgehead atoms. The summed E-state index contributed by atoms with van der Waals surface area (Å²) in [6.45, 7) is 2.47. The van der Waals surface area contributed by atoms with Gasteiger partial charge in [-0.2, -0.15) is 0 Å². The molecule has 0 atom stereocenters. The van der Waals surface area contributed by atoms with Crippen LogP contribution in [-0.2, 0) is 16.4 Å². The molecule has 4 nitrogen and oxygen atoms in total. The van der Waals surface area contributed by atoms with Gasteiger partial charge in [-0.25, -0.2) is 8.42 Å². The molecule has 1 aliphatic rings. The molecule has 2 aromatic carbocycles. The van der Waals surface area contributed by atoms with Crippen molar-refractivity contribution in [2.24, 2.45) is 0 Å². The van der Waals surface area contributed by atoms with E-state index in [0.29, 0.717) is 23.5 Å². The minimum atomic E-state index is -3.28. The third-order valence-corrected chi connectivity index (χ3v) is 7.49. The molecule has 2 aromatic rings. The Balaban J connectivity index is 1.61. The van der Waals surface area contributed by atoms with Crippen molar-refractivity contribution < 1.29 is 13.2 Å². The molecule has 3 rings (SSSR count). The lowest BCUT2D eigenvalue weighted by atomic mass is 10.1. The van der Waals surface area contributed by atoms with E-state index in [4.69, 9.17) is 4.74 Å². The number of likely N-dealkylation sites (tertiary alicyclic amines) is 1. The molecular weight excluding hydrogens is 402 g/mol. The highest BCUT2D eigenvalue weighted by Gasteiger charge is 2.31. The molecule has 1 heterocycles. The Morgan fingerprint density at radius 1 is 1.04 bits per heavy atom. The molecule has 0 N–H and O–H groups in total. The minimum absolute atomic E-state index is 0.304. The normalized spacial score (nSPS) is 16.7. The van der Waals surface area contributed by atoms with Gasteiger partial charge in [0.2, 0.25) is 0 Å². The highest BCUT2D eigenvalue weighted by Crippen LogP contribution is 2.26. The van der Waals surface area contributed by atoms with E-state index in [9.17, 15) is 8.42 Å². The van der Waals surface area contributed by atoms with Crippen LogP contribution < -0.4 is 4.74 Å². The number of nitrogens with zero attached hydrogens (tertiary/aromatic N) is 1. The second-order valence-electron chi connectivity index (χ2n) is 6.32. The standard InChI is InChI=1S/C19H22BrNO3S/c1-24-17-6-8-18(9-7-17)25(22,23)19-10-12-21(13-11-19)14-15-2-4-16(20)5-3-15/h2-9,19H,10-14H2,1H3. The zero-order chi connectivity index (χ0) is 17.9. The number of halogens is 1. The van der Waals surface area contributed by atoms with Crippen LogP contribution in [0.3, 0.4) is 0 Å². The smallest absolute Gasteiger partial charge is 0.181 e. The lowest BCUT2D eigenvalue weighted by Crippen LogP contribution is -2.38. The zero-order valence-electron chi connectivity index (χ0n) is 14.2. The number of piperidine rings is 1. The number of benzene rings is 2. The summed E-state index contributed by atoms with van der Waals surface area (Å²) in [6.07, 6.45) is 1.34. The van der Waals surface area contributed by atoms with Crippen LogP contribution >= 0.6 is 15.9 Å². The summed E-state index contributed by atoms with van der Waals surface area (Å²) in [4.78, 5) is 2.71. The predicted octanol–water partition coefficient (Wildman–Crippen LogP) is 3.90. The molecule has 0 saturated carbocycles. The predicted molar refractivity (Wildman–Crippen MR) is 103 cm³/mol. The van der Waals surface area contributed by atoms with E-state index in [1.165, 1.54) is 5.56 Å². The lowest BCUT2D eigenvalue weighted by molar-refractivity contribution is 0.222. The molecule has 0 radical (unpaired) electrons. The van der Waals surface area contributed by atoms with Gasteiger partial charge >= 0.3 is 0 Å². The van der Waals surface area contributed by atoms with Gasteiger partial charge in [0.1, 0.15) is 5.75 Å². The van der Waals surface area contributed by atoms with E-state index < -0.39 is 9.84 Å². The molecule has 0 aliphatic carbocycles. The van der Waals surface area contributed by atoms with Gasteiger partial charge < -0.3 is 4.74 Å². The quantitative estimate of drug-likeness (QED) is 0.731. The molecule has 1 fully saturated rings. The molecule has 0 amide bonds. The number of sulfone groups is 1. The van der Waals surface area contributed by atoms with Crippen molar-refractivity contribution in [3.8, 4) is 5.75 Å². The van der Waals surface area contributed by atoms with Gasteiger partial charge in [-0.3, -0.25) is 4.90 Å². The number of ether oxygens (including phenoxy) is 1. The average Bonchev–Trinajstić information content (AvgIpc) is 2.64. The first kappa shape index (κ1) is 18.4. The molecule has 134 valence electrons. The fourth-order valence-electron chi connectivity index (χ4n) is 3.18. The van der Waals surface area contributed by atoms with E-state index in [2.05, 4.69) is 33.0 Å². The third-order valence-electron chi connectivity index (χ3n) is 4.68. The average molecular weight is 424 g/mol. The van der Waals surface area contributed by atoms with Crippen LogP contribution in [0.2, 0.25) is 0 Å². The molecule has 1 aliphatic heterocycles. The largest absolute Gasteiger partial charge is 0.497 e. The first-order valence-corrected chi connectivity index (χ1v) is 10.7. The van der Waals surface area contributed by atoms with Crippen LogP contribution in [0.15, 0.2) is 57.9 Å². The molecule has 0 spiro atoms. The second kappa shape index (κ2) is 7.89. The van der Waals surface area contributed by atoms with Crippen molar-refractivity contribution in [3.05, 3.63) is 58.6 Å². The Hall–Kier alpha value is -1.37.